The molecule has 0 amide bonds. The second-order valence-corrected chi connectivity index (χ2v) is 6.29. The molecule has 1 nitrogen and oxygen atoms in total. The highest BCUT2D eigenvalue weighted by atomic mass is 32.2. The van der Waals surface area contributed by atoms with Gasteiger partial charge in [0.15, 0.2) is 11.6 Å². The Hall–Kier alpha value is -0.610. The van der Waals surface area contributed by atoms with Gasteiger partial charge in [-0.05, 0) is 42.7 Å². The molecule has 1 aromatic rings. The van der Waals surface area contributed by atoms with Crippen LogP contribution >= 0.6 is 11.8 Å². The number of thioether (sulfide) groups is 1. The highest BCUT2D eigenvalue weighted by Gasteiger charge is 2.23. The molecule has 0 aromatic heterocycles. The van der Waals surface area contributed by atoms with Gasteiger partial charge in [0.05, 0.1) is 0 Å². The number of rotatable bonds is 5. The van der Waals surface area contributed by atoms with Crippen LogP contribution in [0.1, 0.15) is 31.7 Å². The van der Waals surface area contributed by atoms with Crippen molar-refractivity contribution in [2.75, 3.05) is 5.75 Å². The summed E-state index contributed by atoms with van der Waals surface area (Å²) in [5.74, 6) is -0.375. The van der Waals surface area contributed by atoms with Crippen LogP contribution in [0.25, 0.3) is 0 Å². The van der Waals surface area contributed by atoms with Crippen LogP contribution in [0.4, 0.5) is 8.78 Å². The van der Waals surface area contributed by atoms with E-state index in [9.17, 15) is 8.78 Å². The molecule has 1 aromatic carbocycles. The topological polar surface area (TPSA) is 12.0 Å². The second-order valence-electron chi connectivity index (χ2n) is 4.72. The first-order chi connectivity index (χ1) is 8.69. The molecule has 0 radical (unpaired) electrons. The Morgan fingerprint density at radius 1 is 1.28 bits per heavy atom. The summed E-state index contributed by atoms with van der Waals surface area (Å²) < 4.78 is 25.8. The van der Waals surface area contributed by atoms with E-state index in [0.29, 0.717) is 12.6 Å². The molecule has 18 heavy (non-hydrogen) atoms. The zero-order valence-corrected chi connectivity index (χ0v) is 11.4. The molecule has 1 fully saturated rings. The summed E-state index contributed by atoms with van der Waals surface area (Å²) in [6, 6.07) is 4.62. The molecule has 2 atom stereocenters. The van der Waals surface area contributed by atoms with E-state index in [-0.39, 0.29) is 0 Å². The summed E-state index contributed by atoms with van der Waals surface area (Å²) in [5.41, 5.74) is 0.806. The van der Waals surface area contributed by atoms with Crippen LogP contribution in [0.2, 0.25) is 0 Å². The van der Waals surface area contributed by atoms with E-state index < -0.39 is 11.6 Å². The third-order valence-electron chi connectivity index (χ3n) is 3.37. The number of nitrogens with one attached hydrogen (secondary N) is 1. The van der Waals surface area contributed by atoms with Gasteiger partial charge in [0, 0.05) is 17.8 Å². The van der Waals surface area contributed by atoms with Crippen molar-refractivity contribution < 1.29 is 8.78 Å². The molecule has 1 aliphatic rings. The fourth-order valence-corrected chi connectivity index (χ4v) is 3.57. The van der Waals surface area contributed by atoms with E-state index in [0.717, 1.165) is 10.8 Å². The zero-order valence-electron chi connectivity index (χ0n) is 10.6. The van der Waals surface area contributed by atoms with E-state index >= 15 is 0 Å². The highest BCUT2D eigenvalue weighted by molar-refractivity contribution is 7.99. The molecule has 2 rings (SSSR count). The van der Waals surface area contributed by atoms with Crippen LogP contribution in [-0.2, 0) is 6.54 Å². The summed E-state index contributed by atoms with van der Waals surface area (Å²) in [7, 11) is 0. The van der Waals surface area contributed by atoms with Crippen LogP contribution in [0.15, 0.2) is 18.2 Å². The van der Waals surface area contributed by atoms with E-state index in [2.05, 4.69) is 12.2 Å². The van der Waals surface area contributed by atoms with Gasteiger partial charge in [-0.3, -0.25) is 0 Å². The van der Waals surface area contributed by atoms with Crippen molar-refractivity contribution in [2.45, 2.75) is 44.0 Å². The third-order valence-corrected chi connectivity index (χ3v) is 4.60. The van der Waals surface area contributed by atoms with Crippen molar-refractivity contribution in [3.63, 3.8) is 0 Å². The quantitative estimate of drug-likeness (QED) is 0.875. The Labute approximate surface area is 111 Å². The van der Waals surface area contributed by atoms with Crippen molar-refractivity contribution in [1.29, 1.82) is 0 Å². The molecular formula is C14H19F2NS. The van der Waals surface area contributed by atoms with Gasteiger partial charge in [-0.2, -0.15) is 11.8 Å². The number of hydrogen-bond acceptors (Lipinski definition) is 2. The van der Waals surface area contributed by atoms with Gasteiger partial charge in [-0.15, -0.1) is 0 Å². The molecule has 0 heterocycles. The predicted molar refractivity (Wildman–Crippen MR) is 72.8 cm³/mol. The number of halogens is 2. The Kier molecular flexibility index (Phi) is 5.01. The first-order valence-corrected chi connectivity index (χ1v) is 7.53. The van der Waals surface area contributed by atoms with Crippen molar-refractivity contribution in [2.24, 2.45) is 0 Å². The molecule has 0 aliphatic heterocycles. The molecule has 2 unspecified atom stereocenters. The summed E-state index contributed by atoms with van der Waals surface area (Å²) >= 11 is 2.02. The molecular weight excluding hydrogens is 252 g/mol. The van der Waals surface area contributed by atoms with Gasteiger partial charge in [0.1, 0.15) is 0 Å². The molecule has 1 saturated carbocycles. The number of hydrogen-bond donors (Lipinski definition) is 1. The van der Waals surface area contributed by atoms with E-state index in [1.165, 1.54) is 37.1 Å². The Balaban J connectivity index is 1.80. The van der Waals surface area contributed by atoms with Crippen LogP contribution in [-0.4, -0.2) is 17.0 Å². The molecule has 1 aliphatic carbocycles. The fraction of sp³-hybridized carbons (Fsp3) is 0.571. The minimum absolute atomic E-state index is 0.516. The molecule has 1 N–H and O–H groups in total. The van der Waals surface area contributed by atoms with Gasteiger partial charge in [0.25, 0.3) is 0 Å². The molecule has 0 spiro atoms. The maximum absolute atomic E-state index is 13.0. The highest BCUT2D eigenvalue weighted by Crippen LogP contribution is 2.29. The largest absolute Gasteiger partial charge is 0.310 e. The Morgan fingerprint density at radius 3 is 2.83 bits per heavy atom. The summed E-state index contributed by atoms with van der Waals surface area (Å²) in [6.45, 7) is 2.80. The lowest BCUT2D eigenvalue weighted by Gasteiger charge is -2.13. The van der Waals surface area contributed by atoms with Crippen LogP contribution in [0, 0.1) is 11.6 Å². The Morgan fingerprint density at radius 2 is 2.11 bits per heavy atom. The second kappa shape index (κ2) is 6.53. The average molecular weight is 271 g/mol. The molecule has 100 valence electrons. The van der Waals surface area contributed by atoms with Crippen LogP contribution in [0.5, 0.6) is 0 Å². The zero-order chi connectivity index (χ0) is 13.0. The maximum atomic E-state index is 13.0. The lowest BCUT2D eigenvalue weighted by molar-refractivity contribution is 0.499. The van der Waals surface area contributed by atoms with E-state index in [1.54, 1.807) is 6.07 Å². The smallest absolute Gasteiger partial charge is 0.159 e. The van der Waals surface area contributed by atoms with Crippen LogP contribution < -0.4 is 5.32 Å². The van der Waals surface area contributed by atoms with Gasteiger partial charge < -0.3 is 5.32 Å². The van der Waals surface area contributed by atoms with Crippen LogP contribution in [0.3, 0.4) is 0 Å². The summed E-state index contributed by atoms with van der Waals surface area (Å²) in [6.07, 6.45) is 3.62. The summed E-state index contributed by atoms with van der Waals surface area (Å²) in [5, 5.41) is 4.19. The lowest BCUT2D eigenvalue weighted by Crippen LogP contribution is -2.26. The van der Waals surface area contributed by atoms with Gasteiger partial charge in [-0.1, -0.05) is 13.0 Å². The summed E-state index contributed by atoms with van der Waals surface area (Å²) in [4.78, 5) is 0. The lowest BCUT2D eigenvalue weighted by atomic mass is 10.2. The normalized spacial score (nSPS) is 23.5. The van der Waals surface area contributed by atoms with Gasteiger partial charge in [0.2, 0.25) is 0 Å². The average Bonchev–Trinajstić information content (AvgIpc) is 2.79. The number of benzene rings is 1. The molecule has 4 heteroatoms. The van der Waals surface area contributed by atoms with Gasteiger partial charge >= 0.3 is 0 Å². The van der Waals surface area contributed by atoms with Gasteiger partial charge in [-0.25, -0.2) is 8.78 Å². The van der Waals surface area contributed by atoms with Crippen molar-refractivity contribution in [3.05, 3.63) is 35.4 Å². The third kappa shape index (κ3) is 3.69. The van der Waals surface area contributed by atoms with Crippen molar-refractivity contribution in [3.8, 4) is 0 Å². The standard InChI is InChI=1S/C14H19F2NS/c1-2-18-12-5-4-11(8-12)17-9-10-3-6-13(15)14(16)7-10/h3,6-7,11-12,17H,2,4-5,8-9H2,1H3. The Bertz CT molecular complexity index is 397. The van der Waals surface area contributed by atoms with Crippen molar-refractivity contribution in [1.82, 2.24) is 5.32 Å². The minimum Gasteiger partial charge on any atom is -0.310 e. The maximum Gasteiger partial charge on any atom is 0.159 e. The SMILES string of the molecule is CCSC1CCC(NCc2ccc(F)c(F)c2)C1. The molecule has 0 bridgehead atoms. The monoisotopic (exact) mass is 271 g/mol. The minimum atomic E-state index is -0.779. The predicted octanol–water partition coefficient (Wildman–Crippen LogP) is 3.73. The van der Waals surface area contributed by atoms with E-state index in [1.807, 2.05) is 11.8 Å². The first-order valence-electron chi connectivity index (χ1n) is 6.48. The first kappa shape index (κ1) is 13.8. The molecule has 0 saturated heterocycles. The van der Waals surface area contributed by atoms with E-state index in [4.69, 9.17) is 0 Å². The van der Waals surface area contributed by atoms with Crippen molar-refractivity contribution >= 4 is 11.8 Å². The fourth-order valence-electron chi connectivity index (χ4n) is 2.42.